The molecule has 24 heavy (non-hydrogen) atoms. The molecule has 0 radical (unpaired) electrons. The maximum atomic E-state index is 11.3. The molecule has 0 N–H and O–H groups in total. The number of carbonyl (C=O) groups is 1. The molecule has 2 aromatic carbocycles. The van der Waals surface area contributed by atoms with Crippen molar-refractivity contribution in [3.63, 3.8) is 0 Å². The summed E-state index contributed by atoms with van der Waals surface area (Å²) < 4.78 is 0. The number of anilines is 1. The molecule has 3 rings (SSSR count). The van der Waals surface area contributed by atoms with Crippen molar-refractivity contribution in [2.45, 2.75) is 26.2 Å². The highest BCUT2D eigenvalue weighted by Crippen LogP contribution is 2.46. The Bertz CT molecular complexity index is 829. The highest BCUT2D eigenvalue weighted by molar-refractivity contribution is 5.94. The number of fused-ring (bicyclic) bond motifs is 1. The second-order valence-electron chi connectivity index (χ2n) is 6.63. The van der Waals surface area contributed by atoms with E-state index in [2.05, 4.69) is 61.1 Å². The molecule has 122 valence electrons. The number of hydrogen-bond acceptors (Lipinski definition) is 3. The number of Topliss-reactive ketones (excluding diaryl/α,β-unsaturated/α-hetero) is 1. The minimum atomic E-state index is -0.0458. The van der Waals surface area contributed by atoms with Crippen LogP contribution >= 0.6 is 0 Å². The summed E-state index contributed by atoms with van der Waals surface area (Å²) in [6.07, 6.45) is 3.90. The zero-order valence-corrected chi connectivity index (χ0v) is 14.6. The number of nitrogens with zero attached hydrogens (tertiary/aromatic N) is 2. The number of likely N-dealkylation sites (N-methyl/N-ethyl adjacent to an activating group) is 1. The molecule has 3 heteroatoms. The normalized spacial score (nSPS) is 17.5. The van der Waals surface area contributed by atoms with E-state index in [9.17, 15) is 4.79 Å². The predicted molar refractivity (Wildman–Crippen MR) is 101 cm³/mol. The summed E-state index contributed by atoms with van der Waals surface area (Å²) in [5, 5.41) is 0. The lowest BCUT2D eigenvalue weighted by Gasteiger charge is -2.23. The predicted octanol–water partition coefficient (Wildman–Crippen LogP) is 4.90. The van der Waals surface area contributed by atoms with Crippen molar-refractivity contribution in [2.75, 3.05) is 11.9 Å². The summed E-state index contributed by atoms with van der Waals surface area (Å²) in [5.74, 6) is 0.0692. The van der Waals surface area contributed by atoms with E-state index in [0.717, 1.165) is 5.69 Å². The van der Waals surface area contributed by atoms with Gasteiger partial charge in [-0.2, -0.15) is 0 Å². The average Bonchev–Trinajstić information content (AvgIpc) is 2.76. The minimum Gasteiger partial charge on any atom is -0.347 e. The van der Waals surface area contributed by atoms with Gasteiger partial charge in [0.1, 0.15) is 0 Å². The van der Waals surface area contributed by atoms with E-state index in [1.807, 2.05) is 30.5 Å². The van der Waals surface area contributed by atoms with Gasteiger partial charge >= 0.3 is 0 Å². The summed E-state index contributed by atoms with van der Waals surface area (Å²) in [5.41, 5.74) is 5.29. The summed E-state index contributed by atoms with van der Waals surface area (Å²) in [6.45, 7) is 6.03. The first-order valence-corrected chi connectivity index (χ1v) is 8.10. The molecule has 0 unspecified atom stereocenters. The third-order valence-corrected chi connectivity index (χ3v) is 4.67. The molecule has 1 heterocycles. The van der Waals surface area contributed by atoms with Gasteiger partial charge in [-0.25, -0.2) is 0 Å². The zero-order valence-electron chi connectivity index (χ0n) is 14.6. The molecule has 0 spiro atoms. The number of ketones is 1. The highest BCUT2D eigenvalue weighted by Gasteiger charge is 2.37. The molecule has 0 bridgehead atoms. The van der Waals surface area contributed by atoms with E-state index < -0.39 is 0 Å². The SMILES string of the molecule is CC(=O)c1ccc(N=CC=C2N(C)c3ccccc3C2(C)C)cc1. The van der Waals surface area contributed by atoms with Crippen LogP contribution in [0.15, 0.2) is 65.3 Å². The molecular weight excluding hydrogens is 296 g/mol. The molecule has 1 aliphatic rings. The number of para-hydroxylation sites is 1. The summed E-state index contributed by atoms with van der Waals surface area (Å²) in [6, 6.07) is 15.8. The van der Waals surface area contributed by atoms with Crippen molar-refractivity contribution in [3.8, 4) is 0 Å². The summed E-state index contributed by atoms with van der Waals surface area (Å²) >= 11 is 0. The van der Waals surface area contributed by atoms with Crippen molar-refractivity contribution in [2.24, 2.45) is 4.99 Å². The zero-order chi connectivity index (χ0) is 17.3. The van der Waals surface area contributed by atoms with Crippen LogP contribution < -0.4 is 4.90 Å². The molecule has 0 aliphatic carbocycles. The second-order valence-corrected chi connectivity index (χ2v) is 6.63. The Morgan fingerprint density at radius 2 is 1.75 bits per heavy atom. The molecular formula is C21H22N2O. The first kappa shape index (κ1) is 16.2. The Kier molecular flexibility index (Phi) is 4.10. The third kappa shape index (κ3) is 2.78. The van der Waals surface area contributed by atoms with Gasteiger partial charge in [0, 0.05) is 35.6 Å². The van der Waals surface area contributed by atoms with E-state index >= 15 is 0 Å². The number of allylic oxidation sites excluding steroid dienone is 2. The Hall–Kier alpha value is -2.68. The Morgan fingerprint density at radius 3 is 2.38 bits per heavy atom. The van der Waals surface area contributed by atoms with E-state index in [1.165, 1.54) is 16.9 Å². The largest absolute Gasteiger partial charge is 0.347 e. The maximum Gasteiger partial charge on any atom is 0.159 e. The van der Waals surface area contributed by atoms with Gasteiger partial charge in [0.2, 0.25) is 0 Å². The third-order valence-electron chi connectivity index (χ3n) is 4.67. The molecule has 0 aromatic heterocycles. The fourth-order valence-electron chi connectivity index (χ4n) is 3.28. The van der Waals surface area contributed by atoms with Gasteiger partial charge in [-0.1, -0.05) is 32.0 Å². The van der Waals surface area contributed by atoms with Crippen molar-refractivity contribution in [3.05, 3.63) is 71.4 Å². The molecule has 0 saturated heterocycles. The van der Waals surface area contributed by atoms with Gasteiger partial charge in [0.05, 0.1) is 5.69 Å². The molecule has 3 nitrogen and oxygen atoms in total. The molecule has 0 fully saturated rings. The van der Waals surface area contributed by atoms with Crippen LogP contribution in [0.2, 0.25) is 0 Å². The van der Waals surface area contributed by atoms with Crippen LogP contribution in [0.1, 0.15) is 36.7 Å². The van der Waals surface area contributed by atoms with E-state index in [1.54, 1.807) is 6.92 Å². The lowest BCUT2D eigenvalue weighted by molar-refractivity contribution is 0.101. The minimum absolute atomic E-state index is 0.0458. The smallest absolute Gasteiger partial charge is 0.159 e. The molecule has 0 atom stereocenters. The van der Waals surface area contributed by atoms with Gasteiger partial charge < -0.3 is 4.90 Å². The van der Waals surface area contributed by atoms with Crippen molar-refractivity contribution >= 4 is 23.4 Å². The van der Waals surface area contributed by atoms with Gasteiger partial charge in [-0.15, -0.1) is 0 Å². The topological polar surface area (TPSA) is 32.7 Å². The fourth-order valence-corrected chi connectivity index (χ4v) is 3.28. The van der Waals surface area contributed by atoms with Crippen LogP contribution in [-0.2, 0) is 5.41 Å². The highest BCUT2D eigenvalue weighted by atomic mass is 16.1. The van der Waals surface area contributed by atoms with Crippen LogP contribution in [0.5, 0.6) is 0 Å². The van der Waals surface area contributed by atoms with Crippen LogP contribution in [0, 0.1) is 0 Å². The molecule has 0 amide bonds. The number of aliphatic imine (C=N–C) groups is 1. The second kappa shape index (κ2) is 6.08. The van der Waals surface area contributed by atoms with Crippen molar-refractivity contribution < 1.29 is 4.79 Å². The average molecular weight is 318 g/mol. The number of carbonyl (C=O) groups excluding carboxylic acids is 1. The van der Waals surface area contributed by atoms with Crippen molar-refractivity contribution in [1.82, 2.24) is 0 Å². The molecule has 1 aliphatic heterocycles. The lowest BCUT2D eigenvalue weighted by Crippen LogP contribution is -2.22. The number of rotatable bonds is 3. The summed E-state index contributed by atoms with van der Waals surface area (Å²) in [7, 11) is 2.09. The van der Waals surface area contributed by atoms with Crippen LogP contribution in [0.4, 0.5) is 11.4 Å². The quantitative estimate of drug-likeness (QED) is 0.595. The Labute approximate surface area is 143 Å². The monoisotopic (exact) mass is 318 g/mol. The van der Waals surface area contributed by atoms with Crippen LogP contribution in [0.25, 0.3) is 0 Å². The van der Waals surface area contributed by atoms with Gasteiger partial charge in [-0.3, -0.25) is 9.79 Å². The Balaban J connectivity index is 1.86. The van der Waals surface area contributed by atoms with E-state index in [4.69, 9.17) is 0 Å². The fraction of sp³-hybridized carbons (Fsp3) is 0.238. The number of hydrogen-bond donors (Lipinski definition) is 0. The van der Waals surface area contributed by atoms with Crippen LogP contribution in [0.3, 0.4) is 0 Å². The standard InChI is InChI=1S/C21H22N2O/c1-15(24)16-9-11-17(12-10-16)22-14-13-20-21(2,3)18-7-5-6-8-19(18)23(20)4/h5-14H,1-4H3. The summed E-state index contributed by atoms with van der Waals surface area (Å²) in [4.78, 5) is 18.0. The molecule has 0 saturated carbocycles. The van der Waals surface area contributed by atoms with E-state index in [0.29, 0.717) is 5.56 Å². The van der Waals surface area contributed by atoms with Gasteiger partial charge in [0.25, 0.3) is 0 Å². The number of benzene rings is 2. The molecule has 2 aromatic rings. The van der Waals surface area contributed by atoms with Gasteiger partial charge in [0.15, 0.2) is 5.78 Å². The lowest BCUT2D eigenvalue weighted by atomic mass is 9.84. The van der Waals surface area contributed by atoms with E-state index in [-0.39, 0.29) is 11.2 Å². The van der Waals surface area contributed by atoms with Crippen molar-refractivity contribution in [1.29, 1.82) is 0 Å². The first-order valence-electron chi connectivity index (χ1n) is 8.10. The first-order chi connectivity index (χ1) is 11.4. The Morgan fingerprint density at radius 1 is 1.08 bits per heavy atom. The maximum absolute atomic E-state index is 11.3. The van der Waals surface area contributed by atoms with Gasteiger partial charge in [-0.05, 0) is 48.9 Å². The van der Waals surface area contributed by atoms with Crippen LogP contribution in [-0.4, -0.2) is 19.0 Å².